The third kappa shape index (κ3) is 2.60. The molecule has 3 heterocycles. The van der Waals surface area contributed by atoms with Gasteiger partial charge in [-0.05, 0) is 17.5 Å². The summed E-state index contributed by atoms with van der Waals surface area (Å²) in [6.45, 7) is 0. The van der Waals surface area contributed by atoms with Gasteiger partial charge in [-0.2, -0.15) is 22.8 Å². The number of nitrogens with zero attached hydrogens (tertiary/aromatic N) is 3. The minimum atomic E-state index is -4.84. The van der Waals surface area contributed by atoms with Crippen molar-refractivity contribution in [3.05, 3.63) is 35.5 Å². The summed E-state index contributed by atoms with van der Waals surface area (Å²) in [7, 11) is 0. The molecule has 0 saturated carbocycles. The Morgan fingerprint density at radius 3 is 2.50 bits per heavy atom. The summed E-state index contributed by atoms with van der Waals surface area (Å²) in [4.78, 5) is 3.96. The van der Waals surface area contributed by atoms with Crippen molar-refractivity contribution in [3.8, 4) is 22.6 Å². The summed E-state index contributed by atoms with van der Waals surface area (Å²) < 4.78 is 68.1. The van der Waals surface area contributed by atoms with Crippen molar-refractivity contribution in [1.29, 1.82) is 5.26 Å². The maximum absolute atomic E-state index is 13.4. The Bertz CT molecular complexity index is 1030. The number of hydrogen-bond acceptors (Lipinski definition) is 7. The molecule has 0 saturated heterocycles. The second-order valence-electron chi connectivity index (χ2n) is 4.96. The fraction of sp³-hybridized carbons (Fsp3) is 0.143. The lowest BCUT2D eigenvalue weighted by atomic mass is 10.2. The van der Waals surface area contributed by atoms with Gasteiger partial charge < -0.3 is 13.7 Å². The minimum Gasteiger partial charge on any atom is -0.421 e. The van der Waals surface area contributed by atoms with E-state index in [0.717, 1.165) is 24.4 Å². The molecular formula is C14H5F4N3O3S2. The van der Waals surface area contributed by atoms with Gasteiger partial charge in [0.15, 0.2) is 28.8 Å². The number of benzene rings is 1. The van der Waals surface area contributed by atoms with Crippen LogP contribution in [0.4, 0.5) is 17.6 Å². The van der Waals surface area contributed by atoms with Gasteiger partial charge >= 0.3 is 12.2 Å². The number of ether oxygens (including phenoxy) is 2. The molecule has 12 heteroatoms. The van der Waals surface area contributed by atoms with Crippen LogP contribution in [0.1, 0.15) is 5.82 Å². The van der Waals surface area contributed by atoms with E-state index in [0.29, 0.717) is 5.06 Å². The zero-order valence-electron chi connectivity index (χ0n) is 12.3. The van der Waals surface area contributed by atoms with E-state index < -0.39 is 23.7 Å². The van der Waals surface area contributed by atoms with Gasteiger partial charge in [-0.25, -0.2) is 8.96 Å². The van der Waals surface area contributed by atoms with Crippen LogP contribution in [0, 0.1) is 11.3 Å². The average molecular weight is 403 g/mol. The van der Waals surface area contributed by atoms with Crippen LogP contribution in [0.3, 0.4) is 0 Å². The Kier molecular flexibility index (Phi) is 3.67. The highest BCUT2D eigenvalue weighted by Crippen LogP contribution is 2.48. The van der Waals surface area contributed by atoms with Crippen molar-refractivity contribution in [2.45, 2.75) is 12.2 Å². The number of hydrogen-bond donors (Lipinski definition) is 0. The molecule has 1 aliphatic heterocycles. The first-order valence-electron chi connectivity index (χ1n) is 6.79. The number of fused-ring (bicyclic) bond motifs is 2. The van der Waals surface area contributed by atoms with Gasteiger partial charge in [-0.3, -0.25) is 0 Å². The minimum absolute atomic E-state index is 0.0761. The monoisotopic (exact) mass is 403 g/mol. The van der Waals surface area contributed by atoms with Gasteiger partial charge in [0.25, 0.3) is 0 Å². The standard InChI is InChI=1S/C14H5F4N3O3S2/c15-13(16)14(17,18)23-10-5-8-7(4-9(10)22-13)20-11(6-19)21(8)26-24-12-2-1-3-25-12/h1-5H. The maximum atomic E-state index is 13.4. The van der Waals surface area contributed by atoms with Crippen LogP contribution in [0.25, 0.3) is 11.0 Å². The van der Waals surface area contributed by atoms with E-state index in [4.69, 9.17) is 4.18 Å². The van der Waals surface area contributed by atoms with Crippen molar-refractivity contribution in [3.63, 3.8) is 0 Å². The highest BCUT2D eigenvalue weighted by Gasteiger charge is 2.66. The molecule has 0 unspecified atom stereocenters. The Balaban J connectivity index is 1.78. The maximum Gasteiger partial charge on any atom is 0.507 e. The topological polar surface area (TPSA) is 69.3 Å². The molecule has 3 aromatic rings. The second kappa shape index (κ2) is 5.68. The molecular weight excluding hydrogens is 398 g/mol. The molecule has 134 valence electrons. The van der Waals surface area contributed by atoms with Crippen molar-refractivity contribution in [2.75, 3.05) is 0 Å². The van der Waals surface area contributed by atoms with E-state index in [1.54, 1.807) is 17.5 Å². The lowest BCUT2D eigenvalue weighted by Crippen LogP contribution is -2.52. The fourth-order valence-corrected chi connectivity index (χ4v) is 3.43. The zero-order chi connectivity index (χ0) is 18.5. The SMILES string of the molecule is N#Cc1nc2cc3c(cc2n1SOc1cccs1)OC(F)(F)C(F)(F)O3. The Morgan fingerprint density at radius 1 is 1.19 bits per heavy atom. The van der Waals surface area contributed by atoms with E-state index in [-0.39, 0.29) is 16.9 Å². The Hall–Kier alpha value is -2.65. The van der Waals surface area contributed by atoms with Gasteiger partial charge in [-0.1, -0.05) is 0 Å². The molecule has 4 rings (SSSR count). The first kappa shape index (κ1) is 16.8. The summed E-state index contributed by atoms with van der Waals surface area (Å²) in [5.41, 5.74) is 0.235. The summed E-state index contributed by atoms with van der Waals surface area (Å²) in [6.07, 6.45) is -9.66. The molecule has 0 spiro atoms. The van der Waals surface area contributed by atoms with Gasteiger partial charge in [0.05, 0.1) is 11.0 Å². The van der Waals surface area contributed by atoms with Gasteiger partial charge in [0.1, 0.15) is 6.07 Å². The number of nitriles is 1. The lowest BCUT2D eigenvalue weighted by Gasteiger charge is -2.31. The van der Waals surface area contributed by atoms with Crippen LogP contribution < -0.4 is 13.7 Å². The summed E-state index contributed by atoms with van der Waals surface area (Å²) in [5.74, 6) is -1.33. The summed E-state index contributed by atoms with van der Waals surface area (Å²) >= 11 is 2.03. The third-order valence-corrected chi connectivity index (χ3v) is 4.91. The molecule has 0 fully saturated rings. The molecule has 0 atom stereocenters. The number of aromatic nitrogens is 2. The number of imidazole rings is 1. The largest absolute Gasteiger partial charge is 0.507 e. The summed E-state index contributed by atoms with van der Waals surface area (Å²) in [5, 5.41) is 11.5. The van der Waals surface area contributed by atoms with E-state index in [9.17, 15) is 22.8 Å². The van der Waals surface area contributed by atoms with Crippen molar-refractivity contribution in [1.82, 2.24) is 8.96 Å². The molecule has 6 nitrogen and oxygen atoms in total. The van der Waals surface area contributed by atoms with E-state index >= 15 is 0 Å². The lowest BCUT2D eigenvalue weighted by molar-refractivity contribution is -0.391. The number of alkyl halides is 4. The summed E-state index contributed by atoms with van der Waals surface area (Å²) in [6, 6.07) is 7.28. The normalized spacial score (nSPS) is 17.0. The molecule has 0 N–H and O–H groups in total. The molecule has 0 aliphatic carbocycles. The van der Waals surface area contributed by atoms with Gasteiger partial charge in [-0.15, -0.1) is 11.3 Å². The second-order valence-corrected chi connectivity index (χ2v) is 6.55. The van der Waals surface area contributed by atoms with E-state index in [1.165, 1.54) is 15.3 Å². The highest BCUT2D eigenvalue weighted by molar-refractivity contribution is 7.93. The molecule has 1 aliphatic rings. The van der Waals surface area contributed by atoms with Crippen molar-refractivity contribution < 1.29 is 31.2 Å². The van der Waals surface area contributed by atoms with Gasteiger partial charge in [0.2, 0.25) is 5.82 Å². The number of thiophene rings is 1. The molecule has 0 amide bonds. The molecule has 0 bridgehead atoms. The molecule has 0 radical (unpaired) electrons. The fourth-order valence-electron chi connectivity index (χ4n) is 2.15. The first-order valence-corrected chi connectivity index (χ1v) is 8.37. The van der Waals surface area contributed by atoms with Crippen molar-refractivity contribution in [2.24, 2.45) is 0 Å². The number of halogens is 4. The Morgan fingerprint density at radius 2 is 1.88 bits per heavy atom. The average Bonchev–Trinajstić information content (AvgIpc) is 3.18. The Labute approximate surface area is 150 Å². The van der Waals surface area contributed by atoms with Crippen LogP contribution in [0.15, 0.2) is 29.6 Å². The van der Waals surface area contributed by atoms with E-state index in [2.05, 4.69) is 14.5 Å². The van der Waals surface area contributed by atoms with E-state index in [1.807, 2.05) is 6.07 Å². The third-order valence-electron chi connectivity index (χ3n) is 3.28. The smallest absolute Gasteiger partial charge is 0.421 e. The highest BCUT2D eigenvalue weighted by atomic mass is 32.2. The van der Waals surface area contributed by atoms with Gasteiger partial charge in [0, 0.05) is 12.1 Å². The quantitative estimate of drug-likeness (QED) is 0.477. The van der Waals surface area contributed by atoms with Crippen LogP contribution in [0.5, 0.6) is 16.6 Å². The predicted molar refractivity (Wildman–Crippen MR) is 83.5 cm³/mol. The van der Waals surface area contributed by atoms with Crippen LogP contribution in [-0.2, 0) is 0 Å². The first-order chi connectivity index (χ1) is 12.3. The zero-order valence-corrected chi connectivity index (χ0v) is 13.9. The van der Waals surface area contributed by atoms with Crippen LogP contribution in [-0.4, -0.2) is 21.2 Å². The molecule has 26 heavy (non-hydrogen) atoms. The van der Waals surface area contributed by atoms with Crippen LogP contribution >= 0.6 is 23.6 Å². The predicted octanol–water partition coefficient (Wildman–Crippen LogP) is 4.42. The molecule has 2 aromatic heterocycles. The van der Waals surface area contributed by atoms with Crippen molar-refractivity contribution >= 4 is 34.6 Å². The molecule has 1 aromatic carbocycles. The van der Waals surface area contributed by atoms with Crippen LogP contribution in [0.2, 0.25) is 0 Å². The number of rotatable bonds is 3.